The van der Waals surface area contributed by atoms with Crippen molar-refractivity contribution >= 4 is 5.97 Å². The first-order chi connectivity index (χ1) is 6.95. The van der Waals surface area contributed by atoms with E-state index < -0.39 is 5.97 Å². The van der Waals surface area contributed by atoms with Crippen molar-refractivity contribution in [1.82, 2.24) is 0 Å². The first kappa shape index (κ1) is 11.6. The van der Waals surface area contributed by atoms with Crippen LogP contribution in [-0.2, 0) is 10.2 Å². The van der Waals surface area contributed by atoms with Crippen LogP contribution in [0.3, 0.4) is 0 Å². The maximum Gasteiger partial charge on any atom is 0.304 e. The first-order valence-corrected chi connectivity index (χ1v) is 4.82. The molecule has 0 fully saturated rings. The second-order valence-electron chi connectivity index (χ2n) is 4.18. The second-order valence-corrected chi connectivity index (χ2v) is 4.18. The summed E-state index contributed by atoms with van der Waals surface area (Å²) in [6.07, 6.45) is 0.124. The van der Waals surface area contributed by atoms with E-state index in [-0.39, 0.29) is 11.8 Å². The van der Waals surface area contributed by atoms with Gasteiger partial charge in [-0.05, 0) is 17.7 Å². The standard InChI is InChI=1S/C12H16O3/c1-12(2,8-11(13)14)9-4-6-10(15-3)7-5-9/h4-7H,8H2,1-3H3,(H,13,14). The number of aliphatic carboxylic acids is 1. The van der Waals surface area contributed by atoms with E-state index in [1.165, 1.54) is 0 Å². The Morgan fingerprint density at radius 3 is 2.27 bits per heavy atom. The molecule has 82 valence electrons. The number of hydrogen-bond donors (Lipinski definition) is 1. The summed E-state index contributed by atoms with van der Waals surface area (Å²) in [4.78, 5) is 10.7. The summed E-state index contributed by atoms with van der Waals surface area (Å²) in [7, 11) is 1.61. The smallest absolute Gasteiger partial charge is 0.304 e. The Balaban J connectivity index is 2.89. The molecule has 1 N–H and O–H groups in total. The number of hydrogen-bond acceptors (Lipinski definition) is 2. The molecule has 1 aromatic rings. The van der Waals surface area contributed by atoms with Crippen molar-refractivity contribution in [2.24, 2.45) is 0 Å². The molecule has 0 saturated carbocycles. The minimum atomic E-state index is -0.782. The lowest BCUT2D eigenvalue weighted by molar-refractivity contribution is -0.138. The zero-order valence-corrected chi connectivity index (χ0v) is 9.28. The Hall–Kier alpha value is -1.51. The van der Waals surface area contributed by atoms with E-state index in [0.717, 1.165) is 11.3 Å². The van der Waals surface area contributed by atoms with E-state index in [1.54, 1.807) is 7.11 Å². The summed E-state index contributed by atoms with van der Waals surface area (Å²) in [5.41, 5.74) is 0.656. The first-order valence-electron chi connectivity index (χ1n) is 4.82. The number of benzene rings is 1. The molecule has 0 heterocycles. The van der Waals surface area contributed by atoms with Gasteiger partial charge in [-0.2, -0.15) is 0 Å². The lowest BCUT2D eigenvalue weighted by atomic mass is 9.82. The third kappa shape index (κ3) is 2.98. The van der Waals surface area contributed by atoms with Crippen molar-refractivity contribution < 1.29 is 14.6 Å². The van der Waals surface area contributed by atoms with Crippen LogP contribution in [0, 0.1) is 0 Å². The largest absolute Gasteiger partial charge is 0.497 e. The highest BCUT2D eigenvalue weighted by molar-refractivity contribution is 5.68. The number of carboxylic acids is 1. The highest BCUT2D eigenvalue weighted by Gasteiger charge is 2.23. The molecule has 3 nitrogen and oxygen atoms in total. The molecule has 0 spiro atoms. The van der Waals surface area contributed by atoms with Gasteiger partial charge in [0.05, 0.1) is 13.5 Å². The van der Waals surface area contributed by atoms with E-state index in [1.807, 2.05) is 38.1 Å². The quantitative estimate of drug-likeness (QED) is 0.826. The summed E-state index contributed by atoms with van der Waals surface area (Å²) in [5, 5.41) is 8.79. The lowest BCUT2D eigenvalue weighted by Gasteiger charge is -2.23. The molecule has 0 aliphatic carbocycles. The van der Waals surface area contributed by atoms with Crippen molar-refractivity contribution in [3.8, 4) is 5.75 Å². The number of ether oxygens (including phenoxy) is 1. The average molecular weight is 208 g/mol. The van der Waals surface area contributed by atoms with Crippen LogP contribution < -0.4 is 4.74 Å². The van der Waals surface area contributed by atoms with Gasteiger partial charge in [-0.15, -0.1) is 0 Å². The minimum absolute atomic E-state index is 0.124. The molecule has 0 unspecified atom stereocenters. The molecule has 0 bridgehead atoms. The molecule has 0 aromatic heterocycles. The fraction of sp³-hybridized carbons (Fsp3) is 0.417. The highest BCUT2D eigenvalue weighted by Crippen LogP contribution is 2.28. The van der Waals surface area contributed by atoms with Crippen molar-refractivity contribution in [1.29, 1.82) is 0 Å². The molecular weight excluding hydrogens is 192 g/mol. The van der Waals surface area contributed by atoms with Crippen LogP contribution in [0.25, 0.3) is 0 Å². The van der Waals surface area contributed by atoms with Gasteiger partial charge in [-0.25, -0.2) is 0 Å². The maximum absolute atomic E-state index is 10.7. The Kier molecular flexibility index (Phi) is 3.35. The fourth-order valence-corrected chi connectivity index (χ4v) is 1.52. The molecule has 3 heteroatoms. The zero-order chi connectivity index (χ0) is 11.5. The molecule has 0 radical (unpaired) electrons. The molecule has 15 heavy (non-hydrogen) atoms. The van der Waals surface area contributed by atoms with Crippen molar-refractivity contribution in [2.75, 3.05) is 7.11 Å². The number of rotatable bonds is 4. The Morgan fingerprint density at radius 2 is 1.87 bits per heavy atom. The van der Waals surface area contributed by atoms with E-state index in [0.29, 0.717) is 0 Å². The van der Waals surface area contributed by atoms with Crippen LogP contribution in [0.5, 0.6) is 5.75 Å². The number of carbonyl (C=O) groups is 1. The van der Waals surface area contributed by atoms with Gasteiger partial charge in [-0.3, -0.25) is 4.79 Å². The van der Waals surface area contributed by atoms with Gasteiger partial charge in [-0.1, -0.05) is 26.0 Å². The molecule has 0 atom stereocenters. The second kappa shape index (κ2) is 4.34. The summed E-state index contributed by atoms with van der Waals surface area (Å²) < 4.78 is 5.05. The normalized spacial score (nSPS) is 11.1. The van der Waals surface area contributed by atoms with E-state index in [9.17, 15) is 4.79 Å². The van der Waals surface area contributed by atoms with Gasteiger partial charge in [0.2, 0.25) is 0 Å². The van der Waals surface area contributed by atoms with Crippen LogP contribution in [0.2, 0.25) is 0 Å². The van der Waals surface area contributed by atoms with Crippen molar-refractivity contribution in [2.45, 2.75) is 25.7 Å². The third-order valence-corrected chi connectivity index (χ3v) is 2.46. The molecule has 1 rings (SSSR count). The topological polar surface area (TPSA) is 46.5 Å². The predicted molar refractivity (Wildman–Crippen MR) is 58.3 cm³/mol. The lowest BCUT2D eigenvalue weighted by Crippen LogP contribution is -2.21. The molecule has 0 amide bonds. The SMILES string of the molecule is COc1ccc(C(C)(C)CC(=O)O)cc1. The van der Waals surface area contributed by atoms with Gasteiger partial charge in [0.15, 0.2) is 0 Å². The summed E-state index contributed by atoms with van der Waals surface area (Å²) in [6.45, 7) is 3.84. The summed E-state index contributed by atoms with van der Waals surface area (Å²) in [6, 6.07) is 7.50. The van der Waals surface area contributed by atoms with Crippen LogP contribution >= 0.6 is 0 Å². The Bertz CT molecular complexity index is 338. The molecular formula is C12H16O3. The van der Waals surface area contributed by atoms with Crippen LogP contribution in [0.1, 0.15) is 25.8 Å². The minimum Gasteiger partial charge on any atom is -0.497 e. The Labute approximate surface area is 89.7 Å². The average Bonchev–Trinajstić information content (AvgIpc) is 2.16. The van der Waals surface area contributed by atoms with Crippen LogP contribution in [0.4, 0.5) is 0 Å². The van der Waals surface area contributed by atoms with Gasteiger partial charge in [0.25, 0.3) is 0 Å². The molecule has 0 aliphatic rings. The van der Waals surface area contributed by atoms with Crippen LogP contribution in [0.15, 0.2) is 24.3 Å². The number of methoxy groups -OCH3 is 1. The third-order valence-electron chi connectivity index (χ3n) is 2.46. The maximum atomic E-state index is 10.7. The van der Waals surface area contributed by atoms with E-state index >= 15 is 0 Å². The van der Waals surface area contributed by atoms with Crippen molar-refractivity contribution in [3.63, 3.8) is 0 Å². The van der Waals surface area contributed by atoms with Gasteiger partial charge in [0, 0.05) is 5.41 Å². The van der Waals surface area contributed by atoms with Gasteiger partial charge in [0.1, 0.15) is 5.75 Å². The molecule has 0 aliphatic heterocycles. The van der Waals surface area contributed by atoms with E-state index in [4.69, 9.17) is 9.84 Å². The van der Waals surface area contributed by atoms with Gasteiger partial charge >= 0.3 is 5.97 Å². The summed E-state index contributed by atoms with van der Waals surface area (Å²) in [5.74, 6) is 0.000642. The zero-order valence-electron chi connectivity index (χ0n) is 9.28. The monoisotopic (exact) mass is 208 g/mol. The van der Waals surface area contributed by atoms with Crippen molar-refractivity contribution in [3.05, 3.63) is 29.8 Å². The summed E-state index contributed by atoms with van der Waals surface area (Å²) >= 11 is 0. The highest BCUT2D eigenvalue weighted by atomic mass is 16.5. The molecule has 0 saturated heterocycles. The van der Waals surface area contributed by atoms with Crippen LogP contribution in [-0.4, -0.2) is 18.2 Å². The number of carboxylic acid groups (broad SMARTS) is 1. The molecule has 1 aromatic carbocycles. The van der Waals surface area contributed by atoms with E-state index in [2.05, 4.69) is 0 Å². The van der Waals surface area contributed by atoms with Gasteiger partial charge < -0.3 is 9.84 Å². The predicted octanol–water partition coefficient (Wildman–Crippen LogP) is 2.45. The Morgan fingerprint density at radius 1 is 1.33 bits per heavy atom. The fourth-order valence-electron chi connectivity index (χ4n) is 1.52.